The smallest absolute Gasteiger partial charge is 0.243 e. The maximum atomic E-state index is 13.8. The average molecular weight is 484 g/mol. The number of methoxy groups -OCH3 is 1. The molecular weight excluding hydrogens is 462 g/mol. The topological polar surface area (TPSA) is 90.2 Å². The van der Waals surface area contributed by atoms with Gasteiger partial charge in [0.25, 0.3) is 0 Å². The second kappa shape index (κ2) is 9.70. The van der Waals surface area contributed by atoms with E-state index in [0.29, 0.717) is 16.5 Å². The fourth-order valence-corrected chi connectivity index (χ4v) is 5.13. The Morgan fingerprint density at radius 3 is 2.45 bits per heavy atom. The van der Waals surface area contributed by atoms with Gasteiger partial charge >= 0.3 is 0 Å². The van der Waals surface area contributed by atoms with Crippen LogP contribution < -0.4 is 4.74 Å². The van der Waals surface area contributed by atoms with Crippen molar-refractivity contribution in [1.29, 1.82) is 0 Å². The third-order valence-electron chi connectivity index (χ3n) is 5.21. The zero-order valence-electron chi connectivity index (χ0n) is 18.1. The highest BCUT2D eigenvalue weighted by atomic mass is 35.5. The first-order chi connectivity index (χ1) is 15.9. The molecule has 33 heavy (non-hydrogen) atoms. The first-order valence-electron chi connectivity index (χ1n) is 10.1. The number of benzene rings is 3. The molecule has 4 rings (SSSR count). The number of sulfonamides is 1. The highest BCUT2D eigenvalue weighted by Crippen LogP contribution is 2.27. The minimum atomic E-state index is -3.86. The Bertz CT molecular complexity index is 1340. The Morgan fingerprint density at radius 2 is 1.79 bits per heavy atom. The van der Waals surface area contributed by atoms with E-state index in [1.807, 2.05) is 43.3 Å². The predicted octanol–water partition coefficient (Wildman–Crippen LogP) is 4.02. The maximum Gasteiger partial charge on any atom is 0.243 e. The Morgan fingerprint density at radius 1 is 1.03 bits per heavy atom. The minimum absolute atomic E-state index is 0.142. The number of aryl methyl sites for hydroxylation is 1. The lowest BCUT2D eigenvalue weighted by molar-refractivity contribution is 0.375. The van der Waals surface area contributed by atoms with Crippen molar-refractivity contribution in [2.75, 3.05) is 7.11 Å². The van der Waals surface area contributed by atoms with Gasteiger partial charge in [-0.05, 0) is 64.9 Å². The van der Waals surface area contributed by atoms with Crippen LogP contribution in [0.4, 0.5) is 0 Å². The molecule has 0 spiro atoms. The third-order valence-corrected chi connectivity index (χ3v) is 7.25. The van der Waals surface area contributed by atoms with Crippen LogP contribution >= 0.6 is 11.6 Å². The molecule has 0 aliphatic carbocycles. The number of rotatable bonds is 8. The first kappa shape index (κ1) is 22.9. The summed E-state index contributed by atoms with van der Waals surface area (Å²) < 4.78 is 35.9. The average Bonchev–Trinajstić information content (AvgIpc) is 3.35. The Balaban J connectivity index is 1.73. The van der Waals surface area contributed by atoms with Gasteiger partial charge in [-0.25, -0.2) is 13.1 Å². The largest absolute Gasteiger partial charge is 0.496 e. The standard InChI is InChI=1S/C23H22ClN5O3S/c1-17-13-21(11-12-22(17)29-16-25-26-27-29)33(30,31)28(14-18-7-9-20(24)10-8-18)15-19-5-3-4-6-23(19)32-2/h3-13,16H,14-15H2,1-2H3. The number of tetrazole rings is 1. The Labute approximate surface area is 197 Å². The summed E-state index contributed by atoms with van der Waals surface area (Å²) in [4.78, 5) is 0.181. The molecule has 8 nitrogen and oxygen atoms in total. The molecule has 3 aromatic carbocycles. The van der Waals surface area contributed by atoms with Crippen molar-refractivity contribution < 1.29 is 13.2 Å². The summed E-state index contributed by atoms with van der Waals surface area (Å²) in [5.74, 6) is 0.624. The molecule has 0 unspecified atom stereocenters. The van der Waals surface area contributed by atoms with Crippen molar-refractivity contribution in [2.45, 2.75) is 24.9 Å². The van der Waals surface area contributed by atoms with Gasteiger partial charge in [0, 0.05) is 23.7 Å². The first-order valence-corrected chi connectivity index (χ1v) is 11.9. The van der Waals surface area contributed by atoms with Crippen LogP contribution in [-0.4, -0.2) is 40.0 Å². The van der Waals surface area contributed by atoms with Gasteiger partial charge in [0.2, 0.25) is 10.0 Å². The Hall–Kier alpha value is -3.27. The summed E-state index contributed by atoms with van der Waals surface area (Å²) in [5.41, 5.74) is 3.01. The van der Waals surface area contributed by atoms with Crippen molar-refractivity contribution in [1.82, 2.24) is 24.5 Å². The number of halogens is 1. The molecule has 0 aliphatic rings. The summed E-state index contributed by atoms with van der Waals surface area (Å²) in [6.45, 7) is 2.13. The van der Waals surface area contributed by atoms with Crippen LogP contribution in [-0.2, 0) is 23.1 Å². The van der Waals surface area contributed by atoms with Crippen LogP contribution in [0.25, 0.3) is 5.69 Å². The van der Waals surface area contributed by atoms with Crippen molar-refractivity contribution in [3.05, 3.63) is 94.8 Å². The quantitative estimate of drug-likeness (QED) is 0.376. The van der Waals surface area contributed by atoms with Gasteiger partial charge in [-0.1, -0.05) is 41.9 Å². The second-order valence-corrected chi connectivity index (χ2v) is 9.79. The van der Waals surface area contributed by atoms with E-state index in [2.05, 4.69) is 15.5 Å². The fraction of sp³-hybridized carbons (Fsp3) is 0.174. The van der Waals surface area contributed by atoms with Gasteiger partial charge in [0.1, 0.15) is 12.1 Å². The van der Waals surface area contributed by atoms with Crippen LogP contribution in [0.5, 0.6) is 5.75 Å². The van der Waals surface area contributed by atoms with Crippen molar-refractivity contribution >= 4 is 21.6 Å². The summed E-state index contributed by atoms with van der Waals surface area (Å²) >= 11 is 6.01. The number of para-hydroxylation sites is 1. The molecule has 0 fully saturated rings. The lowest BCUT2D eigenvalue weighted by atomic mass is 10.2. The van der Waals surface area contributed by atoms with Gasteiger partial charge in [0.05, 0.1) is 17.7 Å². The van der Waals surface area contributed by atoms with E-state index in [1.54, 1.807) is 37.4 Å². The third kappa shape index (κ3) is 5.05. The zero-order chi connectivity index (χ0) is 23.4. The van der Waals surface area contributed by atoms with Crippen molar-refractivity contribution in [3.63, 3.8) is 0 Å². The number of aromatic nitrogens is 4. The summed E-state index contributed by atoms with van der Waals surface area (Å²) in [5, 5.41) is 11.8. The van der Waals surface area contributed by atoms with E-state index in [4.69, 9.17) is 16.3 Å². The highest BCUT2D eigenvalue weighted by Gasteiger charge is 2.26. The monoisotopic (exact) mass is 483 g/mol. The van der Waals surface area contributed by atoms with Gasteiger partial charge < -0.3 is 4.74 Å². The number of hydrogen-bond donors (Lipinski definition) is 0. The maximum absolute atomic E-state index is 13.8. The van der Waals surface area contributed by atoms with E-state index in [1.165, 1.54) is 15.3 Å². The van der Waals surface area contributed by atoms with E-state index < -0.39 is 10.0 Å². The van der Waals surface area contributed by atoms with E-state index in [0.717, 1.165) is 16.7 Å². The van der Waals surface area contributed by atoms with E-state index >= 15 is 0 Å². The number of nitrogens with zero attached hydrogens (tertiary/aromatic N) is 5. The van der Waals surface area contributed by atoms with Gasteiger partial charge in [0.15, 0.2) is 0 Å². The van der Waals surface area contributed by atoms with E-state index in [9.17, 15) is 8.42 Å². The molecule has 4 aromatic rings. The molecule has 0 aliphatic heterocycles. The predicted molar refractivity (Wildman–Crippen MR) is 125 cm³/mol. The molecule has 0 saturated carbocycles. The van der Waals surface area contributed by atoms with E-state index in [-0.39, 0.29) is 18.0 Å². The van der Waals surface area contributed by atoms with Crippen LogP contribution in [0.2, 0.25) is 5.02 Å². The molecule has 0 saturated heterocycles. The molecule has 0 N–H and O–H groups in total. The highest BCUT2D eigenvalue weighted by molar-refractivity contribution is 7.89. The molecule has 170 valence electrons. The molecule has 0 bridgehead atoms. The van der Waals surface area contributed by atoms with Gasteiger partial charge in [-0.15, -0.1) is 5.10 Å². The van der Waals surface area contributed by atoms with Crippen LogP contribution in [0.3, 0.4) is 0 Å². The molecule has 1 heterocycles. The molecular formula is C23H22ClN5O3S. The molecule has 0 amide bonds. The summed E-state index contributed by atoms with van der Waals surface area (Å²) in [6.07, 6.45) is 1.46. The Kier molecular flexibility index (Phi) is 6.73. The lowest BCUT2D eigenvalue weighted by Crippen LogP contribution is -2.30. The van der Waals surface area contributed by atoms with Gasteiger partial charge in [-0.3, -0.25) is 0 Å². The van der Waals surface area contributed by atoms with Crippen molar-refractivity contribution in [2.24, 2.45) is 0 Å². The van der Waals surface area contributed by atoms with Gasteiger partial charge in [-0.2, -0.15) is 4.31 Å². The lowest BCUT2D eigenvalue weighted by Gasteiger charge is -2.24. The summed E-state index contributed by atoms with van der Waals surface area (Å²) in [6, 6.07) is 19.4. The normalized spacial score (nSPS) is 11.6. The van der Waals surface area contributed by atoms with Crippen LogP contribution in [0, 0.1) is 6.92 Å². The van der Waals surface area contributed by atoms with Crippen molar-refractivity contribution in [3.8, 4) is 11.4 Å². The van der Waals surface area contributed by atoms with Crippen LogP contribution in [0.15, 0.2) is 78.0 Å². The number of hydrogen-bond acceptors (Lipinski definition) is 6. The van der Waals surface area contributed by atoms with Crippen LogP contribution in [0.1, 0.15) is 16.7 Å². The minimum Gasteiger partial charge on any atom is -0.496 e. The second-order valence-electron chi connectivity index (χ2n) is 7.41. The fourth-order valence-electron chi connectivity index (χ4n) is 3.51. The zero-order valence-corrected chi connectivity index (χ0v) is 19.7. The molecule has 0 radical (unpaired) electrons. The SMILES string of the molecule is COc1ccccc1CN(Cc1ccc(Cl)cc1)S(=O)(=O)c1ccc(-n2cnnn2)c(C)c1. The summed E-state index contributed by atoms with van der Waals surface area (Å²) in [7, 11) is -2.29. The molecule has 10 heteroatoms. The molecule has 0 atom stereocenters. The number of ether oxygens (including phenoxy) is 1. The molecule has 1 aromatic heterocycles.